The van der Waals surface area contributed by atoms with Crippen LogP contribution in [0.5, 0.6) is 17.2 Å². The van der Waals surface area contributed by atoms with Crippen LogP contribution in [0.25, 0.3) is 0 Å². The average molecular weight is 278 g/mol. The Hall–Kier alpha value is -2.21. The van der Waals surface area contributed by atoms with Crippen molar-refractivity contribution < 1.29 is 19.3 Å². The summed E-state index contributed by atoms with van der Waals surface area (Å²) in [5.74, 6) is 1.59. The average Bonchev–Trinajstić information content (AvgIpc) is 2.91. The number of rotatable bonds is 5. The van der Waals surface area contributed by atoms with E-state index in [1.165, 1.54) is 14.2 Å². The first-order valence-electron chi connectivity index (χ1n) is 6.08. The van der Waals surface area contributed by atoms with Crippen LogP contribution in [0.2, 0.25) is 0 Å². The molecule has 1 aromatic carbocycles. The Kier molecular flexibility index (Phi) is 4.14. The summed E-state index contributed by atoms with van der Waals surface area (Å²) in [4.78, 5) is 0. The molecule has 0 fully saturated rings. The fourth-order valence-electron chi connectivity index (χ4n) is 2.10. The van der Waals surface area contributed by atoms with Gasteiger partial charge in [0.05, 0.1) is 32.6 Å². The zero-order valence-electron chi connectivity index (χ0n) is 12.0. The minimum absolute atomic E-state index is 0.495. The third-order valence-electron chi connectivity index (χ3n) is 3.17. The Labute approximate surface area is 117 Å². The van der Waals surface area contributed by atoms with Crippen LogP contribution in [0, 0.1) is 0 Å². The minimum Gasteiger partial charge on any atom is -0.496 e. The molecular weight excluding hydrogens is 260 g/mol. The van der Waals surface area contributed by atoms with Crippen molar-refractivity contribution in [3.05, 3.63) is 35.7 Å². The summed E-state index contributed by atoms with van der Waals surface area (Å²) >= 11 is 0. The second kappa shape index (κ2) is 5.83. The van der Waals surface area contributed by atoms with E-state index in [1.54, 1.807) is 43.2 Å². The van der Waals surface area contributed by atoms with Crippen LogP contribution >= 0.6 is 0 Å². The fourth-order valence-corrected chi connectivity index (χ4v) is 2.10. The van der Waals surface area contributed by atoms with Gasteiger partial charge < -0.3 is 19.3 Å². The first kappa shape index (κ1) is 14.2. The lowest BCUT2D eigenvalue weighted by atomic mass is 10.0. The van der Waals surface area contributed by atoms with E-state index in [9.17, 15) is 5.11 Å². The van der Waals surface area contributed by atoms with Crippen molar-refractivity contribution >= 4 is 0 Å². The maximum Gasteiger partial charge on any atom is 0.132 e. The molecule has 0 saturated carbocycles. The summed E-state index contributed by atoms with van der Waals surface area (Å²) in [5, 5.41) is 14.6. The number of aromatic nitrogens is 2. The first-order chi connectivity index (χ1) is 9.62. The van der Waals surface area contributed by atoms with Gasteiger partial charge in [-0.05, 0) is 6.07 Å². The van der Waals surface area contributed by atoms with E-state index in [0.29, 0.717) is 28.5 Å². The van der Waals surface area contributed by atoms with E-state index in [-0.39, 0.29) is 0 Å². The molecule has 6 nitrogen and oxygen atoms in total. The summed E-state index contributed by atoms with van der Waals surface area (Å²) < 4.78 is 17.5. The summed E-state index contributed by atoms with van der Waals surface area (Å²) in [7, 11) is 6.40. The van der Waals surface area contributed by atoms with Crippen molar-refractivity contribution in [1.29, 1.82) is 0 Å². The Balaban J connectivity index is 2.57. The van der Waals surface area contributed by atoms with Crippen molar-refractivity contribution in [2.45, 2.75) is 6.10 Å². The highest BCUT2D eigenvalue weighted by Gasteiger charge is 2.24. The molecule has 0 aliphatic heterocycles. The van der Waals surface area contributed by atoms with E-state index in [1.807, 2.05) is 0 Å². The van der Waals surface area contributed by atoms with Gasteiger partial charge in [0.25, 0.3) is 0 Å². The van der Waals surface area contributed by atoms with Gasteiger partial charge in [0.15, 0.2) is 0 Å². The molecule has 20 heavy (non-hydrogen) atoms. The molecule has 2 rings (SSSR count). The molecule has 1 N–H and O–H groups in total. The van der Waals surface area contributed by atoms with E-state index >= 15 is 0 Å². The highest BCUT2D eigenvalue weighted by atomic mass is 16.5. The van der Waals surface area contributed by atoms with Crippen LogP contribution in [0.3, 0.4) is 0 Å². The van der Waals surface area contributed by atoms with E-state index in [4.69, 9.17) is 14.2 Å². The zero-order chi connectivity index (χ0) is 14.7. The first-order valence-corrected chi connectivity index (χ1v) is 6.08. The molecule has 0 amide bonds. The predicted molar refractivity (Wildman–Crippen MR) is 73.4 cm³/mol. The van der Waals surface area contributed by atoms with Gasteiger partial charge in [-0.2, -0.15) is 5.10 Å². The maximum absolute atomic E-state index is 10.6. The second-order valence-corrected chi connectivity index (χ2v) is 4.23. The minimum atomic E-state index is -0.904. The number of aliphatic hydroxyl groups is 1. The molecule has 1 aromatic heterocycles. The monoisotopic (exact) mass is 278 g/mol. The number of methoxy groups -OCH3 is 3. The predicted octanol–water partition coefficient (Wildman–Crippen LogP) is 1.53. The third kappa shape index (κ3) is 2.42. The maximum atomic E-state index is 10.6. The summed E-state index contributed by atoms with van der Waals surface area (Å²) in [6.45, 7) is 0. The molecule has 0 spiro atoms. The number of aliphatic hydroxyl groups excluding tert-OH is 1. The Morgan fingerprint density at radius 2 is 1.70 bits per heavy atom. The molecule has 108 valence electrons. The quantitative estimate of drug-likeness (QED) is 0.898. The van der Waals surface area contributed by atoms with Crippen molar-refractivity contribution in [3.63, 3.8) is 0 Å². The number of aryl methyl sites for hydroxylation is 1. The molecule has 2 aromatic rings. The van der Waals surface area contributed by atoms with Crippen molar-refractivity contribution in [2.24, 2.45) is 7.05 Å². The highest BCUT2D eigenvalue weighted by molar-refractivity contribution is 5.53. The fraction of sp³-hybridized carbons (Fsp3) is 0.357. The van der Waals surface area contributed by atoms with E-state index < -0.39 is 6.10 Å². The van der Waals surface area contributed by atoms with Crippen LogP contribution in [0.1, 0.15) is 17.4 Å². The molecule has 6 heteroatoms. The lowest BCUT2D eigenvalue weighted by molar-refractivity contribution is 0.198. The number of hydrogen-bond donors (Lipinski definition) is 1. The molecule has 0 bridgehead atoms. The zero-order valence-corrected chi connectivity index (χ0v) is 12.0. The van der Waals surface area contributed by atoms with Gasteiger partial charge in [0.1, 0.15) is 23.4 Å². The molecule has 1 atom stereocenters. The molecule has 0 radical (unpaired) electrons. The molecule has 0 aliphatic rings. The van der Waals surface area contributed by atoms with Gasteiger partial charge in [-0.25, -0.2) is 0 Å². The van der Waals surface area contributed by atoms with Gasteiger partial charge >= 0.3 is 0 Å². The van der Waals surface area contributed by atoms with Crippen molar-refractivity contribution in [1.82, 2.24) is 9.78 Å². The van der Waals surface area contributed by atoms with Crippen LogP contribution in [0.4, 0.5) is 0 Å². The van der Waals surface area contributed by atoms with Gasteiger partial charge in [0.2, 0.25) is 0 Å². The number of ether oxygens (including phenoxy) is 3. The smallest absolute Gasteiger partial charge is 0.132 e. The normalized spacial score (nSPS) is 12.1. The van der Waals surface area contributed by atoms with Gasteiger partial charge in [-0.3, -0.25) is 4.68 Å². The van der Waals surface area contributed by atoms with Crippen LogP contribution in [0.15, 0.2) is 24.4 Å². The summed E-state index contributed by atoms with van der Waals surface area (Å²) in [6, 6.07) is 5.16. The SMILES string of the molecule is COc1cc(OC)c(C(O)c2ccnn2C)c(OC)c1. The number of nitrogens with zero attached hydrogens (tertiary/aromatic N) is 2. The standard InChI is InChI=1S/C14H18N2O4/c1-16-10(5-6-15-16)14(17)13-11(19-3)7-9(18-2)8-12(13)20-4/h5-8,14,17H,1-4H3. The highest BCUT2D eigenvalue weighted by Crippen LogP contribution is 2.40. The Morgan fingerprint density at radius 3 is 2.10 bits per heavy atom. The Morgan fingerprint density at radius 1 is 1.10 bits per heavy atom. The lowest BCUT2D eigenvalue weighted by Crippen LogP contribution is -2.10. The van der Waals surface area contributed by atoms with Gasteiger partial charge in [0, 0.05) is 25.4 Å². The van der Waals surface area contributed by atoms with Crippen LogP contribution < -0.4 is 14.2 Å². The van der Waals surface area contributed by atoms with Crippen LogP contribution in [-0.4, -0.2) is 36.2 Å². The third-order valence-corrected chi connectivity index (χ3v) is 3.17. The van der Waals surface area contributed by atoms with E-state index in [2.05, 4.69) is 5.10 Å². The molecule has 0 saturated heterocycles. The molecule has 1 heterocycles. The summed E-state index contributed by atoms with van der Waals surface area (Å²) in [5.41, 5.74) is 1.19. The molecular formula is C14H18N2O4. The topological polar surface area (TPSA) is 65.7 Å². The number of benzene rings is 1. The molecule has 0 aliphatic carbocycles. The van der Waals surface area contributed by atoms with Crippen molar-refractivity contribution in [3.8, 4) is 17.2 Å². The second-order valence-electron chi connectivity index (χ2n) is 4.23. The van der Waals surface area contributed by atoms with Crippen molar-refractivity contribution in [2.75, 3.05) is 21.3 Å². The summed E-state index contributed by atoms with van der Waals surface area (Å²) in [6.07, 6.45) is 0.722. The van der Waals surface area contributed by atoms with Crippen LogP contribution in [-0.2, 0) is 7.05 Å². The lowest BCUT2D eigenvalue weighted by Gasteiger charge is -2.19. The Bertz CT molecular complexity index is 570. The number of hydrogen-bond acceptors (Lipinski definition) is 5. The van der Waals surface area contributed by atoms with E-state index in [0.717, 1.165) is 0 Å². The van der Waals surface area contributed by atoms with Gasteiger partial charge in [-0.15, -0.1) is 0 Å². The molecule has 1 unspecified atom stereocenters. The largest absolute Gasteiger partial charge is 0.496 e. The van der Waals surface area contributed by atoms with Gasteiger partial charge in [-0.1, -0.05) is 0 Å².